The van der Waals surface area contributed by atoms with Crippen LogP contribution in [0.4, 0.5) is 0 Å². The molecule has 68 valence electrons. The fraction of sp³-hybridized carbons (Fsp3) is 0. The Morgan fingerprint density at radius 1 is 1.14 bits per heavy atom. The van der Waals surface area contributed by atoms with Crippen molar-refractivity contribution in [3.05, 3.63) is 35.9 Å². The lowest BCUT2D eigenvalue weighted by molar-refractivity contribution is 1.36. The van der Waals surface area contributed by atoms with Gasteiger partial charge in [-0.25, -0.2) is 4.98 Å². The molecule has 0 aromatic carbocycles. The van der Waals surface area contributed by atoms with Crippen LogP contribution in [-0.2, 0) is 0 Å². The number of hydrogen-bond donors (Lipinski definition) is 1. The lowest BCUT2D eigenvalue weighted by Crippen LogP contribution is -1.74. The van der Waals surface area contributed by atoms with Gasteiger partial charge in [0.2, 0.25) is 0 Å². The van der Waals surface area contributed by atoms with Crippen LogP contribution in [0.5, 0.6) is 0 Å². The maximum Gasteiger partial charge on any atom is 0.139 e. The zero-order valence-electron chi connectivity index (χ0n) is 7.16. The minimum atomic E-state index is 0.516. The van der Waals surface area contributed by atoms with E-state index in [4.69, 9.17) is 11.6 Å². The molecule has 0 aliphatic carbocycles. The van der Waals surface area contributed by atoms with Gasteiger partial charge >= 0.3 is 0 Å². The first-order chi connectivity index (χ1) is 6.86. The average Bonchev–Trinajstić information content (AvgIpc) is 2.57. The van der Waals surface area contributed by atoms with Gasteiger partial charge < -0.3 is 4.98 Å². The van der Waals surface area contributed by atoms with Crippen LogP contribution in [0.15, 0.2) is 30.7 Å². The van der Waals surface area contributed by atoms with Gasteiger partial charge in [-0.15, -0.1) is 0 Å². The Balaban J connectivity index is 2.65. The predicted octanol–water partition coefficient (Wildman–Crippen LogP) is 2.76. The third-order valence-electron chi connectivity index (χ3n) is 2.26. The van der Waals surface area contributed by atoms with E-state index in [1.165, 1.54) is 0 Å². The summed E-state index contributed by atoms with van der Waals surface area (Å²) in [4.78, 5) is 11.4. The normalized spacial score (nSPS) is 11.2. The standard InChI is InChI=1S/C10H6ClN3/c11-10-9-6-5-12-3-1-7(6)14-8(9)2-4-13-10/h1-5,14H. The zero-order chi connectivity index (χ0) is 9.54. The molecule has 0 amide bonds. The smallest absolute Gasteiger partial charge is 0.139 e. The molecule has 3 aromatic heterocycles. The topological polar surface area (TPSA) is 41.6 Å². The number of H-pyrrole nitrogens is 1. The third kappa shape index (κ3) is 0.930. The van der Waals surface area contributed by atoms with Crippen LogP contribution in [0, 0.1) is 0 Å². The molecule has 3 heterocycles. The van der Waals surface area contributed by atoms with Gasteiger partial charge in [-0.3, -0.25) is 4.98 Å². The molecule has 3 nitrogen and oxygen atoms in total. The van der Waals surface area contributed by atoms with Crippen LogP contribution in [0.25, 0.3) is 21.8 Å². The van der Waals surface area contributed by atoms with E-state index in [0.29, 0.717) is 5.15 Å². The fourth-order valence-electron chi connectivity index (χ4n) is 1.64. The summed E-state index contributed by atoms with van der Waals surface area (Å²) < 4.78 is 0. The number of fused-ring (bicyclic) bond motifs is 3. The number of aromatic amines is 1. The van der Waals surface area contributed by atoms with E-state index in [2.05, 4.69) is 15.0 Å². The summed E-state index contributed by atoms with van der Waals surface area (Å²) in [5.41, 5.74) is 2.03. The van der Waals surface area contributed by atoms with Gasteiger partial charge in [-0.05, 0) is 12.1 Å². The molecule has 0 saturated carbocycles. The van der Waals surface area contributed by atoms with Crippen LogP contribution in [0.3, 0.4) is 0 Å². The minimum Gasteiger partial charge on any atom is -0.354 e. The van der Waals surface area contributed by atoms with E-state index in [9.17, 15) is 0 Å². The van der Waals surface area contributed by atoms with E-state index in [1.807, 2.05) is 12.1 Å². The van der Waals surface area contributed by atoms with Crippen molar-refractivity contribution in [3.8, 4) is 0 Å². The number of rotatable bonds is 0. The minimum absolute atomic E-state index is 0.516. The lowest BCUT2D eigenvalue weighted by Gasteiger charge is -1.91. The summed E-state index contributed by atoms with van der Waals surface area (Å²) in [6, 6.07) is 3.83. The summed E-state index contributed by atoms with van der Waals surface area (Å²) in [5, 5.41) is 2.47. The van der Waals surface area contributed by atoms with Gasteiger partial charge in [0.05, 0.1) is 5.52 Å². The zero-order valence-corrected chi connectivity index (χ0v) is 7.92. The van der Waals surface area contributed by atoms with Crippen LogP contribution >= 0.6 is 11.6 Å². The summed E-state index contributed by atoms with van der Waals surface area (Å²) >= 11 is 6.02. The van der Waals surface area contributed by atoms with Crippen molar-refractivity contribution in [2.24, 2.45) is 0 Å². The number of aromatic nitrogens is 3. The molecule has 0 atom stereocenters. The number of nitrogens with zero attached hydrogens (tertiary/aromatic N) is 2. The molecule has 4 heteroatoms. The van der Waals surface area contributed by atoms with E-state index < -0.39 is 0 Å². The number of halogens is 1. The molecule has 14 heavy (non-hydrogen) atoms. The van der Waals surface area contributed by atoms with Gasteiger partial charge in [0, 0.05) is 34.9 Å². The molecule has 0 unspecified atom stereocenters. The highest BCUT2D eigenvalue weighted by atomic mass is 35.5. The lowest BCUT2D eigenvalue weighted by atomic mass is 10.2. The van der Waals surface area contributed by atoms with Crippen LogP contribution in [0.1, 0.15) is 0 Å². The van der Waals surface area contributed by atoms with Gasteiger partial charge in [0.15, 0.2) is 0 Å². The van der Waals surface area contributed by atoms with Crippen molar-refractivity contribution in [1.82, 2.24) is 15.0 Å². The van der Waals surface area contributed by atoms with Crippen LogP contribution < -0.4 is 0 Å². The molecule has 0 spiro atoms. The van der Waals surface area contributed by atoms with Gasteiger partial charge in [0.1, 0.15) is 5.15 Å². The number of nitrogens with one attached hydrogen (secondary N) is 1. The second-order valence-corrected chi connectivity index (χ2v) is 3.43. The van der Waals surface area contributed by atoms with E-state index in [0.717, 1.165) is 21.8 Å². The highest BCUT2D eigenvalue weighted by Crippen LogP contribution is 2.28. The maximum absolute atomic E-state index is 6.02. The number of pyridine rings is 2. The summed E-state index contributed by atoms with van der Waals surface area (Å²) in [6.45, 7) is 0. The van der Waals surface area contributed by atoms with Gasteiger partial charge in [0.25, 0.3) is 0 Å². The first kappa shape index (κ1) is 7.76. The Kier molecular flexibility index (Phi) is 1.49. The molecular weight excluding hydrogens is 198 g/mol. The highest BCUT2D eigenvalue weighted by molar-refractivity contribution is 6.36. The monoisotopic (exact) mass is 203 g/mol. The summed E-state index contributed by atoms with van der Waals surface area (Å²) in [7, 11) is 0. The Morgan fingerprint density at radius 3 is 2.93 bits per heavy atom. The highest BCUT2D eigenvalue weighted by Gasteiger charge is 2.07. The SMILES string of the molecule is Clc1nccc2[nH]c3ccncc3c12. The molecule has 3 rings (SSSR count). The Hall–Kier alpha value is -1.61. The van der Waals surface area contributed by atoms with Gasteiger partial charge in [-0.1, -0.05) is 11.6 Å². The quantitative estimate of drug-likeness (QED) is 0.571. The number of hydrogen-bond acceptors (Lipinski definition) is 2. The molecule has 0 saturated heterocycles. The Labute approximate surface area is 84.7 Å². The van der Waals surface area contributed by atoms with Crippen molar-refractivity contribution in [3.63, 3.8) is 0 Å². The van der Waals surface area contributed by atoms with Crippen molar-refractivity contribution in [2.45, 2.75) is 0 Å². The average molecular weight is 204 g/mol. The molecular formula is C10H6ClN3. The fourth-order valence-corrected chi connectivity index (χ4v) is 1.90. The molecule has 0 bridgehead atoms. The van der Waals surface area contributed by atoms with Crippen molar-refractivity contribution in [1.29, 1.82) is 0 Å². The van der Waals surface area contributed by atoms with E-state index in [-0.39, 0.29) is 0 Å². The molecule has 3 aromatic rings. The second-order valence-electron chi connectivity index (χ2n) is 3.07. The van der Waals surface area contributed by atoms with E-state index >= 15 is 0 Å². The van der Waals surface area contributed by atoms with Gasteiger partial charge in [-0.2, -0.15) is 0 Å². The first-order valence-electron chi connectivity index (χ1n) is 4.22. The molecule has 0 fully saturated rings. The molecule has 0 aliphatic rings. The first-order valence-corrected chi connectivity index (χ1v) is 4.60. The molecule has 0 aliphatic heterocycles. The Bertz CT molecular complexity index is 615. The molecule has 1 N–H and O–H groups in total. The second kappa shape index (κ2) is 2.69. The maximum atomic E-state index is 6.02. The third-order valence-corrected chi connectivity index (χ3v) is 2.55. The van der Waals surface area contributed by atoms with Crippen molar-refractivity contribution >= 4 is 33.4 Å². The van der Waals surface area contributed by atoms with Crippen LogP contribution in [-0.4, -0.2) is 15.0 Å². The van der Waals surface area contributed by atoms with Crippen LogP contribution in [0.2, 0.25) is 5.15 Å². The molecule has 0 radical (unpaired) electrons. The van der Waals surface area contributed by atoms with Crippen molar-refractivity contribution in [2.75, 3.05) is 0 Å². The van der Waals surface area contributed by atoms with E-state index in [1.54, 1.807) is 18.6 Å². The summed E-state index contributed by atoms with van der Waals surface area (Å²) in [6.07, 6.45) is 5.23. The Morgan fingerprint density at radius 2 is 2.00 bits per heavy atom. The van der Waals surface area contributed by atoms with Crippen molar-refractivity contribution < 1.29 is 0 Å². The predicted molar refractivity (Wildman–Crippen MR) is 56.4 cm³/mol. The largest absolute Gasteiger partial charge is 0.354 e. The summed E-state index contributed by atoms with van der Waals surface area (Å²) in [5.74, 6) is 0.